The molecule has 0 radical (unpaired) electrons. The third kappa shape index (κ3) is 1.70. The Morgan fingerprint density at radius 1 is 1.42 bits per heavy atom. The number of nitrogens with zero attached hydrogens (tertiary/aromatic N) is 1. The molecule has 1 aromatic rings. The summed E-state index contributed by atoms with van der Waals surface area (Å²) in [5, 5.41) is 10.0. The van der Waals surface area contributed by atoms with Crippen LogP contribution in [-0.2, 0) is 5.41 Å². The second-order valence-electron chi connectivity index (χ2n) is 3.87. The highest BCUT2D eigenvalue weighted by molar-refractivity contribution is 7.06. The third-order valence-electron chi connectivity index (χ3n) is 1.78. The molecule has 2 nitrogen and oxygen atoms in total. The maximum Gasteiger partial charge on any atom is 0.102 e. The van der Waals surface area contributed by atoms with E-state index in [0.717, 1.165) is 10.3 Å². The Balaban J connectivity index is 3.37. The van der Waals surface area contributed by atoms with Gasteiger partial charge in [0, 0.05) is 6.20 Å². The predicted octanol–water partition coefficient (Wildman–Crippen LogP) is 2.70. The minimum absolute atomic E-state index is 0.0445. The van der Waals surface area contributed by atoms with E-state index in [1.165, 1.54) is 0 Å². The van der Waals surface area contributed by atoms with Crippen LogP contribution in [0.2, 0.25) is 0 Å². The molecule has 0 aliphatic carbocycles. The van der Waals surface area contributed by atoms with E-state index in [2.05, 4.69) is 29.6 Å². The van der Waals surface area contributed by atoms with E-state index in [1.807, 2.05) is 12.1 Å². The lowest BCUT2D eigenvalue weighted by Gasteiger charge is -2.19. The van der Waals surface area contributed by atoms with Crippen LogP contribution in [0.4, 0.5) is 0 Å². The fourth-order valence-electron chi connectivity index (χ4n) is 1.10. The largest absolute Gasteiger partial charge is 0.428 e. The highest BCUT2D eigenvalue weighted by atomic mass is 31.0. The topological polar surface area (TPSA) is 25.2 Å². The summed E-state index contributed by atoms with van der Waals surface area (Å²) in [6, 6.07) is 3.82. The van der Waals surface area contributed by atoms with Crippen molar-refractivity contribution in [3.63, 3.8) is 0 Å². The van der Waals surface area contributed by atoms with Crippen molar-refractivity contribution < 1.29 is 5.21 Å². The van der Waals surface area contributed by atoms with Crippen LogP contribution in [0.15, 0.2) is 18.3 Å². The monoisotopic (exact) mass is 183 g/mol. The zero-order valence-electron chi connectivity index (χ0n) is 7.63. The highest BCUT2D eigenvalue weighted by Gasteiger charge is 2.15. The van der Waals surface area contributed by atoms with Gasteiger partial charge in [-0.25, -0.2) is 0 Å². The summed E-state index contributed by atoms with van der Waals surface area (Å²) in [6.07, 6.45) is 1.59. The Hall–Kier alpha value is -0.750. The van der Waals surface area contributed by atoms with Gasteiger partial charge in [0.25, 0.3) is 0 Å². The minimum atomic E-state index is 0.0445. The summed E-state index contributed by atoms with van der Waals surface area (Å²) in [5.41, 5.74) is 1.13. The quantitative estimate of drug-likeness (QED) is 0.485. The van der Waals surface area contributed by atoms with Crippen molar-refractivity contribution in [2.45, 2.75) is 26.2 Å². The number of aromatic nitrogens is 1. The molecule has 0 saturated heterocycles. The molecule has 0 atom stereocenters. The van der Waals surface area contributed by atoms with E-state index >= 15 is 0 Å². The van der Waals surface area contributed by atoms with Crippen LogP contribution < -0.4 is 0 Å². The zero-order valence-corrected chi connectivity index (χ0v) is 8.63. The van der Waals surface area contributed by atoms with E-state index in [-0.39, 0.29) is 5.41 Å². The SMILES string of the molecule is CC(C)(C)c1cccn(O)c1=P. The molecule has 12 heavy (non-hydrogen) atoms. The van der Waals surface area contributed by atoms with E-state index in [9.17, 15) is 5.21 Å². The summed E-state index contributed by atoms with van der Waals surface area (Å²) < 4.78 is 1.08. The van der Waals surface area contributed by atoms with Crippen LogP contribution in [-0.4, -0.2) is 9.94 Å². The molecule has 66 valence electrons. The van der Waals surface area contributed by atoms with Crippen molar-refractivity contribution in [3.8, 4) is 0 Å². The lowest BCUT2D eigenvalue weighted by atomic mass is 9.88. The number of hydrogen-bond acceptors (Lipinski definition) is 1. The zero-order chi connectivity index (χ0) is 9.35. The fourth-order valence-corrected chi connectivity index (χ4v) is 1.64. The van der Waals surface area contributed by atoms with Crippen molar-refractivity contribution in [1.82, 2.24) is 4.73 Å². The van der Waals surface area contributed by atoms with Gasteiger partial charge in [-0.3, -0.25) is 0 Å². The summed E-state index contributed by atoms with van der Waals surface area (Å²) in [7, 11) is 3.38. The van der Waals surface area contributed by atoms with Crippen LogP contribution in [0.5, 0.6) is 0 Å². The number of rotatable bonds is 0. The van der Waals surface area contributed by atoms with Gasteiger partial charge in [0.2, 0.25) is 0 Å². The van der Waals surface area contributed by atoms with Gasteiger partial charge in [0.15, 0.2) is 0 Å². The van der Waals surface area contributed by atoms with E-state index in [0.29, 0.717) is 5.07 Å². The summed E-state index contributed by atoms with van der Waals surface area (Å²) in [6.45, 7) is 6.31. The Morgan fingerprint density at radius 2 is 2.00 bits per heavy atom. The Labute approximate surface area is 74.7 Å². The molecule has 0 aliphatic rings. The molecule has 0 spiro atoms. The Morgan fingerprint density at radius 3 is 2.42 bits per heavy atom. The normalized spacial score (nSPS) is 11.6. The molecule has 0 bridgehead atoms. The number of pyridine rings is 1. The van der Waals surface area contributed by atoms with Gasteiger partial charge in [0.1, 0.15) is 5.07 Å². The Kier molecular flexibility index (Phi) is 2.29. The molecule has 0 saturated carbocycles. The maximum absolute atomic E-state index is 9.33. The molecule has 1 N–H and O–H groups in total. The van der Waals surface area contributed by atoms with Gasteiger partial charge in [-0.2, -0.15) is 4.73 Å². The first-order valence-electron chi connectivity index (χ1n) is 3.89. The van der Waals surface area contributed by atoms with Gasteiger partial charge >= 0.3 is 0 Å². The Bertz CT molecular complexity index is 335. The summed E-state index contributed by atoms with van der Waals surface area (Å²) in [5.74, 6) is 0. The summed E-state index contributed by atoms with van der Waals surface area (Å²) in [4.78, 5) is 0. The molecular weight excluding hydrogens is 169 g/mol. The maximum atomic E-state index is 9.33. The van der Waals surface area contributed by atoms with Crippen molar-refractivity contribution >= 4 is 8.86 Å². The second kappa shape index (κ2) is 2.95. The van der Waals surface area contributed by atoms with Gasteiger partial charge in [0.05, 0.1) is 0 Å². The molecule has 1 heterocycles. The third-order valence-corrected chi connectivity index (χ3v) is 2.28. The van der Waals surface area contributed by atoms with Crippen LogP contribution in [0, 0.1) is 5.07 Å². The minimum Gasteiger partial charge on any atom is -0.428 e. The molecule has 0 aliphatic heterocycles. The van der Waals surface area contributed by atoms with Crippen LogP contribution in [0.25, 0.3) is 0 Å². The van der Waals surface area contributed by atoms with Crippen molar-refractivity contribution in [1.29, 1.82) is 0 Å². The van der Waals surface area contributed by atoms with Gasteiger partial charge in [-0.05, 0) is 17.0 Å². The van der Waals surface area contributed by atoms with Crippen molar-refractivity contribution in [2.75, 3.05) is 0 Å². The predicted molar refractivity (Wildman–Crippen MR) is 51.9 cm³/mol. The van der Waals surface area contributed by atoms with Gasteiger partial charge in [-0.1, -0.05) is 35.7 Å². The molecular formula is C9H14NOP. The first-order chi connectivity index (χ1) is 5.43. The molecule has 0 amide bonds. The van der Waals surface area contributed by atoms with Crippen molar-refractivity contribution in [3.05, 3.63) is 29.0 Å². The van der Waals surface area contributed by atoms with Crippen LogP contribution >= 0.6 is 8.86 Å². The van der Waals surface area contributed by atoms with Crippen molar-refractivity contribution in [2.24, 2.45) is 0 Å². The van der Waals surface area contributed by atoms with Crippen LogP contribution in [0.1, 0.15) is 26.3 Å². The van der Waals surface area contributed by atoms with Gasteiger partial charge in [-0.15, -0.1) is 0 Å². The average molecular weight is 183 g/mol. The standard InChI is InChI=1S/C9H14NOP/c1-9(2,3)7-5-4-6-10(11)8(7)12/h4-6,11-12H,1-3H3. The first-order valence-corrected chi connectivity index (χ1v) is 4.39. The lowest BCUT2D eigenvalue weighted by molar-refractivity contribution is 0.178. The molecule has 0 fully saturated rings. The average Bonchev–Trinajstić information content (AvgIpc) is 1.92. The fraction of sp³-hybridized carbons (Fsp3) is 0.444. The molecule has 1 rings (SSSR count). The molecule has 0 unspecified atom stereocenters. The molecule has 0 aromatic carbocycles. The van der Waals surface area contributed by atoms with Crippen LogP contribution in [0.3, 0.4) is 0 Å². The number of hydrogen-bond donors (Lipinski definition) is 1. The second-order valence-corrected chi connectivity index (χ2v) is 4.34. The molecule has 1 aromatic heterocycles. The van der Waals surface area contributed by atoms with E-state index in [4.69, 9.17) is 0 Å². The highest BCUT2D eigenvalue weighted by Crippen LogP contribution is 2.22. The molecule has 3 heteroatoms. The van der Waals surface area contributed by atoms with E-state index in [1.54, 1.807) is 6.20 Å². The lowest BCUT2D eigenvalue weighted by Crippen LogP contribution is -2.14. The summed E-state index contributed by atoms with van der Waals surface area (Å²) >= 11 is 0. The van der Waals surface area contributed by atoms with E-state index < -0.39 is 0 Å². The smallest absolute Gasteiger partial charge is 0.102 e. The first kappa shape index (κ1) is 9.34. The van der Waals surface area contributed by atoms with Gasteiger partial charge < -0.3 is 5.21 Å².